The van der Waals surface area contributed by atoms with Gasteiger partial charge in [-0.2, -0.15) is 5.10 Å². The van der Waals surface area contributed by atoms with Crippen LogP contribution in [-0.4, -0.2) is 29.5 Å². The second-order valence-electron chi connectivity index (χ2n) is 6.03. The Balaban J connectivity index is 2.22. The largest absolute Gasteiger partial charge is 0.488 e. The molecular weight excluding hydrogens is 226 g/mol. The Kier molecular flexibility index (Phi) is 5.20. The molecule has 4 heteroatoms. The van der Waals surface area contributed by atoms with Gasteiger partial charge in [-0.3, -0.25) is 4.68 Å². The summed E-state index contributed by atoms with van der Waals surface area (Å²) in [6.07, 6.45) is 1.18. The van der Waals surface area contributed by atoms with E-state index in [1.807, 2.05) is 25.6 Å². The monoisotopic (exact) mass is 253 g/mol. The van der Waals surface area contributed by atoms with Crippen molar-refractivity contribution < 1.29 is 4.74 Å². The highest BCUT2D eigenvalue weighted by molar-refractivity contribution is 5.31. The minimum Gasteiger partial charge on any atom is -0.488 e. The maximum Gasteiger partial charge on any atom is 0.163 e. The van der Waals surface area contributed by atoms with Gasteiger partial charge in [-0.1, -0.05) is 20.8 Å². The molecule has 1 N–H and O–H groups in total. The zero-order valence-electron chi connectivity index (χ0n) is 12.6. The number of rotatable bonds is 6. The van der Waals surface area contributed by atoms with Gasteiger partial charge in [0.05, 0.1) is 5.69 Å². The van der Waals surface area contributed by atoms with Gasteiger partial charge < -0.3 is 10.1 Å². The van der Waals surface area contributed by atoms with E-state index in [-0.39, 0.29) is 0 Å². The number of aromatic nitrogens is 2. The summed E-state index contributed by atoms with van der Waals surface area (Å²) in [5, 5.41) is 7.73. The first-order valence-corrected chi connectivity index (χ1v) is 6.65. The average Bonchev–Trinajstić information content (AvgIpc) is 2.47. The van der Waals surface area contributed by atoms with E-state index in [2.05, 4.69) is 31.2 Å². The number of nitrogens with zero attached hydrogens (tertiary/aromatic N) is 2. The summed E-state index contributed by atoms with van der Waals surface area (Å²) in [5.74, 6) is 0.926. The van der Waals surface area contributed by atoms with E-state index < -0.39 is 0 Å². The molecule has 0 spiro atoms. The van der Waals surface area contributed by atoms with Crippen molar-refractivity contribution in [3.8, 4) is 5.75 Å². The van der Waals surface area contributed by atoms with Gasteiger partial charge in [0.15, 0.2) is 5.75 Å². The summed E-state index contributed by atoms with van der Waals surface area (Å²) in [6.45, 7) is 13.4. The minimum atomic E-state index is 0.393. The lowest BCUT2D eigenvalue weighted by Crippen LogP contribution is -2.25. The van der Waals surface area contributed by atoms with Crippen molar-refractivity contribution in [2.24, 2.45) is 12.5 Å². The first-order valence-electron chi connectivity index (χ1n) is 6.65. The van der Waals surface area contributed by atoms with E-state index in [0.29, 0.717) is 12.0 Å². The predicted octanol–water partition coefficient (Wildman–Crippen LogP) is 2.44. The molecule has 1 aromatic heterocycles. The number of nitrogens with one attached hydrogen (secondary N) is 1. The fourth-order valence-corrected chi connectivity index (χ4v) is 1.78. The number of hydrogen-bond donors (Lipinski definition) is 1. The van der Waals surface area contributed by atoms with Gasteiger partial charge in [0.1, 0.15) is 12.3 Å². The second kappa shape index (κ2) is 6.23. The lowest BCUT2D eigenvalue weighted by molar-refractivity contribution is 0.300. The molecule has 0 bridgehead atoms. The Labute approximate surface area is 111 Å². The Bertz CT molecular complexity index is 377. The molecule has 1 heterocycles. The average molecular weight is 253 g/mol. The van der Waals surface area contributed by atoms with Gasteiger partial charge in [0.2, 0.25) is 0 Å². The summed E-state index contributed by atoms with van der Waals surface area (Å²) < 4.78 is 7.63. The van der Waals surface area contributed by atoms with Crippen molar-refractivity contribution >= 4 is 0 Å². The molecule has 18 heavy (non-hydrogen) atoms. The first kappa shape index (κ1) is 15.0. The molecule has 0 aliphatic rings. The van der Waals surface area contributed by atoms with E-state index >= 15 is 0 Å². The lowest BCUT2D eigenvalue weighted by Gasteiger charge is -2.18. The molecule has 0 radical (unpaired) electrons. The predicted molar refractivity (Wildman–Crippen MR) is 75.1 cm³/mol. The van der Waals surface area contributed by atoms with Crippen LogP contribution in [0.1, 0.15) is 38.6 Å². The molecule has 0 aliphatic heterocycles. The van der Waals surface area contributed by atoms with Gasteiger partial charge in [-0.05, 0) is 32.2 Å². The van der Waals surface area contributed by atoms with Crippen LogP contribution in [0.15, 0.2) is 0 Å². The van der Waals surface area contributed by atoms with Crippen molar-refractivity contribution in [3.63, 3.8) is 0 Å². The van der Waals surface area contributed by atoms with E-state index in [4.69, 9.17) is 4.74 Å². The number of hydrogen-bond acceptors (Lipinski definition) is 3. The molecule has 0 aromatic carbocycles. The van der Waals surface area contributed by atoms with Crippen molar-refractivity contribution in [2.45, 2.75) is 41.0 Å². The summed E-state index contributed by atoms with van der Waals surface area (Å²) in [6, 6.07) is 0. The third-order valence-corrected chi connectivity index (χ3v) is 3.02. The van der Waals surface area contributed by atoms with Crippen molar-refractivity contribution in [1.82, 2.24) is 15.1 Å². The molecule has 0 saturated carbocycles. The summed E-state index contributed by atoms with van der Waals surface area (Å²) >= 11 is 0. The number of ether oxygens (including phenoxy) is 1. The first-order chi connectivity index (χ1) is 8.31. The van der Waals surface area contributed by atoms with Crippen LogP contribution in [-0.2, 0) is 7.05 Å². The van der Waals surface area contributed by atoms with Crippen LogP contribution in [0, 0.1) is 19.3 Å². The zero-order valence-corrected chi connectivity index (χ0v) is 12.6. The van der Waals surface area contributed by atoms with Crippen molar-refractivity contribution in [2.75, 3.05) is 19.7 Å². The van der Waals surface area contributed by atoms with Crippen LogP contribution >= 0.6 is 0 Å². The molecule has 0 amide bonds. The van der Waals surface area contributed by atoms with Crippen LogP contribution in [0.3, 0.4) is 0 Å². The molecule has 1 aromatic rings. The van der Waals surface area contributed by atoms with E-state index in [9.17, 15) is 0 Å². The van der Waals surface area contributed by atoms with Gasteiger partial charge in [0, 0.05) is 13.6 Å². The maximum absolute atomic E-state index is 5.77. The standard InChI is InChI=1S/C14H27N3O/c1-11-13(12(2)17(6)16-11)18-10-9-15-8-7-14(3,4)5/h15H,7-10H2,1-6H3. The van der Waals surface area contributed by atoms with E-state index in [1.165, 1.54) is 6.42 Å². The van der Waals surface area contributed by atoms with Crippen LogP contribution in [0.4, 0.5) is 0 Å². The van der Waals surface area contributed by atoms with Gasteiger partial charge >= 0.3 is 0 Å². The Hall–Kier alpha value is -1.03. The minimum absolute atomic E-state index is 0.393. The van der Waals surface area contributed by atoms with Crippen LogP contribution in [0.5, 0.6) is 5.75 Å². The van der Waals surface area contributed by atoms with Crippen molar-refractivity contribution in [1.29, 1.82) is 0 Å². The number of aryl methyl sites for hydroxylation is 2. The fraction of sp³-hybridized carbons (Fsp3) is 0.786. The Morgan fingerprint density at radius 2 is 1.89 bits per heavy atom. The molecular formula is C14H27N3O. The smallest absolute Gasteiger partial charge is 0.163 e. The van der Waals surface area contributed by atoms with Gasteiger partial charge in [0.25, 0.3) is 0 Å². The highest BCUT2D eigenvalue weighted by Gasteiger charge is 2.10. The summed E-state index contributed by atoms with van der Waals surface area (Å²) in [4.78, 5) is 0. The highest BCUT2D eigenvalue weighted by Crippen LogP contribution is 2.21. The Morgan fingerprint density at radius 3 is 2.39 bits per heavy atom. The second-order valence-corrected chi connectivity index (χ2v) is 6.03. The third-order valence-electron chi connectivity index (χ3n) is 3.02. The lowest BCUT2D eigenvalue weighted by atomic mass is 9.92. The van der Waals surface area contributed by atoms with Crippen molar-refractivity contribution in [3.05, 3.63) is 11.4 Å². The third kappa shape index (κ3) is 4.69. The van der Waals surface area contributed by atoms with Gasteiger partial charge in [-0.25, -0.2) is 0 Å². The molecule has 0 saturated heterocycles. The molecule has 0 fully saturated rings. The summed E-state index contributed by atoms with van der Waals surface area (Å²) in [5.41, 5.74) is 2.44. The van der Waals surface area contributed by atoms with Crippen LogP contribution in [0.25, 0.3) is 0 Å². The molecule has 0 atom stereocenters. The van der Waals surface area contributed by atoms with Gasteiger partial charge in [-0.15, -0.1) is 0 Å². The van der Waals surface area contributed by atoms with Crippen LogP contribution in [0.2, 0.25) is 0 Å². The normalized spacial score (nSPS) is 11.9. The quantitative estimate of drug-likeness (QED) is 0.791. The molecule has 0 unspecified atom stereocenters. The van der Waals surface area contributed by atoms with E-state index in [0.717, 1.165) is 30.2 Å². The Morgan fingerprint density at radius 1 is 1.22 bits per heavy atom. The molecule has 1 rings (SSSR count). The molecule has 4 nitrogen and oxygen atoms in total. The molecule has 104 valence electrons. The highest BCUT2D eigenvalue weighted by atomic mass is 16.5. The SMILES string of the molecule is Cc1nn(C)c(C)c1OCCNCCC(C)(C)C. The van der Waals surface area contributed by atoms with Crippen LogP contribution < -0.4 is 10.1 Å². The zero-order chi connectivity index (χ0) is 13.8. The molecule has 0 aliphatic carbocycles. The summed E-state index contributed by atoms with van der Waals surface area (Å²) in [7, 11) is 1.94. The topological polar surface area (TPSA) is 39.1 Å². The van der Waals surface area contributed by atoms with E-state index in [1.54, 1.807) is 0 Å². The fourth-order valence-electron chi connectivity index (χ4n) is 1.78. The maximum atomic E-state index is 5.77.